The molecule has 1 saturated heterocycles. The zero-order chi connectivity index (χ0) is 21.3. The highest BCUT2D eigenvalue weighted by atomic mass is 16.5. The summed E-state index contributed by atoms with van der Waals surface area (Å²) in [6, 6.07) is 21.4. The summed E-state index contributed by atoms with van der Waals surface area (Å²) >= 11 is 0. The van der Waals surface area contributed by atoms with Crippen molar-refractivity contribution in [1.29, 1.82) is 0 Å². The van der Waals surface area contributed by atoms with E-state index < -0.39 is 0 Å². The Morgan fingerprint density at radius 2 is 1.77 bits per heavy atom. The second-order valence-corrected chi connectivity index (χ2v) is 7.60. The maximum absolute atomic E-state index is 12.1. The van der Waals surface area contributed by atoms with Crippen LogP contribution in [0.1, 0.15) is 30.4 Å². The van der Waals surface area contributed by atoms with Crippen LogP contribution in [0.5, 0.6) is 0 Å². The van der Waals surface area contributed by atoms with E-state index >= 15 is 0 Å². The summed E-state index contributed by atoms with van der Waals surface area (Å²) in [4.78, 5) is 18.2. The van der Waals surface area contributed by atoms with E-state index in [0.29, 0.717) is 18.8 Å². The minimum absolute atomic E-state index is 0.0880. The van der Waals surface area contributed by atoms with Gasteiger partial charge in [0, 0.05) is 25.2 Å². The molecule has 156 valence electrons. The Bertz CT molecular complexity index is 864. The molecule has 0 aliphatic carbocycles. The first-order valence-electron chi connectivity index (χ1n) is 10.4. The fourth-order valence-electron chi connectivity index (χ4n) is 3.96. The van der Waals surface area contributed by atoms with Gasteiger partial charge in [-0.2, -0.15) is 0 Å². The third kappa shape index (κ3) is 5.55. The molecule has 1 aliphatic rings. The van der Waals surface area contributed by atoms with Gasteiger partial charge < -0.3 is 9.64 Å². The SMILES string of the molecule is C=C(/C=C(\C)C(=O)C=NC)N1CCOC[C@@H]1CC(c1ccccc1)c1ccccc1. The molecule has 4 heteroatoms. The third-order valence-electron chi connectivity index (χ3n) is 5.53. The Balaban J connectivity index is 1.84. The van der Waals surface area contributed by atoms with Crippen LogP contribution in [-0.4, -0.2) is 49.7 Å². The molecule has 1 fully saturated rings. The lowest BCUT2D eigenvalue weighted by molar-refractivity contribution is -0.109. The lowest BCUT2D eigenvalue weighted by atomic mass is 9.85. The van der Waals surface area contributed by atoms with Gasteiger partial charge in [0.05, 0.1) is 25.5 Å². The second kappa shape index (κ2) is 10.7. The summed E-state index contributed by atoms with van der Waals surface area (Å²) in [5, 5.41) is 0. The topological polar surface area (TPSA) is 41.9 Å². The van der Waals surface area contributed by atoms with Crippen molar-refractivity contribution in [2.75, 3.05) is 26.8 Å². The Hall–Kier alpha value is -2.98. The summed E-state index contributed by atoms with van der Waals surface area (Å²) in [6.07, 6.45) is 4.11. The van der Waals surface area contributed by atoms with Gasteiger partial charge in [0.25, 0.3) is 0 Å². The number of allylic oxidation sites excluding steroid dienone is 2. The van der Waals surface area contributed by atoms with Crippen LogP contribution in [0.25, 0.3) is 0 Å². The van der Waals surface area contributed by atoms with Crippen molar-refractivity contribution in [3.8, 4) is 0 Å². The number of benzene rings is 2. The molecule has 0 aromatic heterocycles. The van der Waals surface area contributed by atoms with Crippen LogP contribution < -0.4 is 0 Å². The molecule has 0 spiro atoms. The summed E-state index contributed by atoms with van der Waals surface area (Å²) in [5.74, 6) is 0.170. The Labute approximate surface area is 179 Å². The van der Waals surface area contributed by atoms with Gasteiger partial charge in [0.1, 0.15) is 0 Å². The van der Waals surface area contributed by atoms with Crippen LogP contribution >= 0.6 is 0 Å². The number of aliphatic imine (C=N–C) groups is 1. The summed E-state index contributed by atoms with van der Waals surface area (Å²) in [7, 11) is 1.60. The molecule has 2 aromatic carbocycles. The predicted molar refractivity (Wildman–Crippen MR) is 123 cm³/mol. The van der Waals surface area contributed by atoms with Crippen LogP contribution in [0.15, 0.2) is 89.6 Å². The molecule has 1 atom stereocenters. The number of ether oxygens (including phenoxy) is 1. The highest BCUT2D eigenvalue weighted by molar-refractivity contribution is 6.35. The Morgan fingerprint density at radius 3 is 2.33 bits per heavy atom. The van der Waals surface area contributed by atoms with Crippen LogP contribution in [0, 0.1) is 0 Å². The number of hydrogen-bond donors (Lipinski definition) is 0. The molecule has 4 nitrogen and oxygen atoms in total. The number of Topliss-reactive ketones (excluding diaryl/α,β-unsaturated/α-hetero) is 1. The first-order valence-corrected chi connectivity index (χ1v) is 10.4. The third-order valence-corrected chi connectivity index (χ3v) is 5.53. The van der Waals surface area contributed by atoms with Gasteiger partial charge in [-0.25, -0.2) is 0 Å². The fraction of sp³-hybridized carbons (Fsp3) is 0.308. The van der Waals surface area contributed by atoms with Gasteiger partial charge in [-0.1, -0.05) is 67.2 Å². The zero-order valence-corrected chi connectivity index (χ0v) is 17.8. The molecule has 0 unspecified atom stereocenters. The molecule has 30 heavy (non-hydrogen) atoms. The van der Waals surface area contributed by atoms with Crippen LogP contribution in [-0.2, 0) is 9.53 Å². The first kappa shape index (κ1) is 21.7. The molecule has 0 radical (unpaired) electrons. The molecular formula is C26H30N2O2. The van der Waals surface area contributed by atoms with Crippen molar-refractivity contribution < 1.29 is 9.53 Å². The highest BCUT2D eigenvalue weighted by Crippen LogP contribution is 2.32. The van der Waals surface area contributed by atoms with Gasteiger partial charge >= 0.3 is 0 Å². The first-order chi connectivity index (χ1) is 14.6. The van der Waals surface area contributed by atoms with Gasteiger partial charge in [-0.15, -0.1) is 0 Å². The molecule has 1 aliphatic heterocycles. The zero-order valence-electron chi connectivity index (χ0n) is 17.8. The number of carbonyl (C=O) groups is 1. The van der Waals surface area contributed by atoms with Crippen molar-refractivity contribution in [3.05, 3.63) is 95.7 Å². The lowest BCUT2D eigenvalue weighted by Gasteiger charge is -2.39. The van der Waals surface area contributed by atoms with E-state index in [0.717, 1.165) is 18.7 Å². The standard InChI is InChI=1S/C26H30N2O2/c1-20(26(29)18-27-3)16-21(2)28-14-15-30-19-24(28)17-25(22-10-6-4-7-11-22)23-12-8-5-9-13-23/h4-13,16,18,24-25H,2,14-15,17,19H2,1,3H3/b20-16+,27-18?/t24-/m0/s1. The molecule has 0 amide bonds. The van der Waals surface area contributed by atoms with E-state index in [1.807, 2.05) is 18.2 Å². The maximum Gasteiger partial charge on any atom is 0.199 e. The number of nitrogens with zero attached hydrogens (tertiary/aromatic N) is 2. The van der Waals surface area contributed by atoms with Crippen molar-refractivity contribution in [2.24, 2.45) is 4.99 Å². The van der Waals surface area contributed by atoms with E-state index in [2.05, 4.69) is 65.0 Å². The van der Waals surface area contributed by atoms with E-state index in [1.165, 1.54) is 17.3 Å². The minimum Gasteiger partial charge on any atom is -0.377 e. The van der Waals surface area contributed by atoms with Gasteiger partial charge in [-0.3, -0.25) is 9.79 Å². The smallest absolute Gasteiger partial charge is 0.199 e. The molecule has 2 aromatic rings. The van der Waals surface area contributed by atoms with E-state index in [9.17, 15) is 4.79 Å². The van der Waals surface area contributed by atoms with Crippen molar-refractivity contribution in [1.82, 2.24) is 4.90 Å². The number of carbonyl (C=O) groups excluding carboxylic acids is 1. The van der Waals surface area contributed by atoms with Crippen LogP contribution in [0.3, 0.4) is 0 Å². The molecule has 0 N–H and O–H groups in total. The molecule has 0 saturated carbocycles. The second-order valence-electron chi connectivity index (χ2n) is 7.60. The van der Waals surface area contributed by atoms with Crippen molar-refractivity contribution in [2.45, 2.75) is 25.3 Å². The van der Waals surface area contributed by atoms with E-state index in [4.69, 9.17) is 4.74 Å². The van der Waals surface area contributed by atoms with Crippen LogP contribution in [0.2, 0.25) is 0 Å². The Kier molecular flexibility index (Phi) is 7.75. The van der Waals surface area contributed by atoms with Crippen molar-refractivity contribution in [3.63, 3.8) is 0 Å². The number of hydrogen-bond acceptors (Lipinski definition) is 4. The Morgan fingerprint density at radius 1 is 1.17 bits per heavy atom. The van der Waals surface area contributed by atoms with Crippen molar-refractivity contribution >= 4 is 12.0 Å². The number of morpholine rings is 1. The molecule has 1 heterocycles. The fourth-order valence-corrected chi connectivity index (χ4v) is 3.96. The molecule has 3 rings (SSSR count). The number of rotatable bonds is 8. The summed E-state index contributed by atoms with van der Waals surface area (Å²) in [6.45, 7) is 8.14. The van der Waals surface area contributed by atoms with Crippen LogP contribution in [0.4, 0.5) is 0 Å². The summed E-state index contributed by atoms with van der Waals surface area (Å²) < 4.78 is 5.83. The van der Waals surface area contributed by atoms with E-state index in [-0.39, 0.29) is 17.7 Å². The number of ketones is 1. The quantitative estimate of drug-likeness (QED) is 0.367. The maximum atomic E-state index is 12.1. The van der Waals surface area contributed by atoms with E-state index in [1.54, 1.807) is 14.0 Å². The van der Waals surface area contributed by atoms with Gasteiger partial charge in [0.2, 0.25) is 0 Å². The molecular weight excluding hydrogens is 372 g/mol. The monoisotopic (exact) mass is 402 g/mol. The predicted octanol–water partition coefficient (Wildman–Crippen LogP) is 4.64. The summed E-state index contributed by atoms with van der Waals surface area (Å²) in [5.41, 5.74) is 4.07. The average Bonchev–Trinajstić information content (AvgIpc) is 2.79. The minimum atomic E-state index is -0.0880. The average molecular weight is 403 g/mol. The largest absolute Gasteiger partial charge is 0.377 e. The van der Waals surface area contributed by atoms with Gasteiger partial charge in [0.15, 0.2) is 5.78 Å². The lowest BCUT2D eigenvalue weighted by Crippen LogP contribution is -2.45. The molecule has 0 bridgehead atoms. The van der Waals surface area contributed by atoms with Gasteiger partial charge in [-0.05, 0) is 36.1 Å². The normalized spacial score (nSPS) is 17.5. The highest BCUT2D eigenvalue weighted by Gasteiger charge is 2.28.